The van der Waals surface area contributed by atoms with Crippen molar-refractivity contribution in [2.45, 2.75) is 0 Å². The lowest BCUT2D eigenvalue weighted by Gasteiger charge is -2.06. The van der Waals surface area contributed by atoms with Crippen molar-refractivity contribution in [2.24, 2.45) is 0 Å². The summed E-state index contributed by atoms with van der Waals surface area (Å²) < 4.78 is 5.82. The predicted octanol–water partition coefficient (Wildman–Crippen LogP) is 4.67. The summed E-state index contributed by atoms with van der Waals surface area (Å²) in [6.45, 7) is 0. The van der Waals surface area contributed by atoms with Crippen molar-refractivity contribution in [1.82, 2.24) is 0 Å². The highest BCUT2D eigenvalue weighted by atomic mass is 79.9. The summed E-state index contributed by atoms with van der Waals surface area (Å²) in [4.78, 5) is 22.2. The maximum atomic E-state index is 11.9. The van der Waals surface area contributed by atoms with Crippen molar-refractivity contribution >= 4 is 50.9 Å². The molecule has 0 aliphatic heterocycles. The molecule has 0 saturated heterocycles. The van der Waals surface area contributed by atoms with Gasteiger partial charge in [-0.25, -0.2) is 0 Å². The molecular formula is C16H12BrClN2O4. The Kier molecular flexibility index (Phi) is 5.94. The molecule has 0 unspecified atom stereocenters. The molecule has 0 spiro atoms. The molecule has 1 N–H and O–H groups in total. The van der Waals surface area contributed by atoms with E-state index in [-0.39, 0.29) is 16.6 Å². The van der Waals surface area contributed by atoms with Crippen LogP contribution in [0.5, 0.6) is 5.75 Å². The molecule has 0 aliphatic carbocycles. The Bertz CT molecular complexity index is 824. The zero-order valence-electron chi connectivity index (χ0n) is 12.5. The molecule has 24 heavy (non-hydrogen) atoms. The number of nitrogens with one attached hydrogen (secondary N) is 1. The van der Waals surface area contributed by atoms with E-state index in [2.05, 4.69) is 21.2 Å². The van der Waals surface area contributed by atoms with Gasteiger partial charge in [0.1, 0.15) is 10.8 Å². The Hall–Kier alpha value is -2.38. The fourth-order valence-corrected chi connectivity index (χ4v) is 2.60. The highest BCUT2D eigenvalue weighted by Crippen LogP contribution is 2.28. The van der Waals surface area contributed by atoms with Crippen LogP contribution in [0.4, 0.5) is 11.4 Å². The molecule has 0 bridgehead atoms. The molecular weight excluding hydrogens is 400 g/mol. The van der Waals surface area contributed by atoms with E-state index in [9.17, 15) is 14.9 Å². The molecule has 2 aromatic carbocycles. The second kappa shape index (κ2) is 7.94. The van der Waals surface area contributed by atoms with E-state index in [1.165, 1.54) is 24.3 Å². The molecule has 6 nitrogen and oxygen atoms in total. The Morgan fingerprint density at radius 3 is 2.71 bits per heavy atom. The van der Waals surface area contributed by atoms with Gasteiger partial charge < -0.3 is 10.1 Å². The lowest BCUT2D eigenvalue weighted by atomic mass is 10.2. The van der Waals surface area contributed by atoms with Gasteiger partial charge >= 0.3 is 0 Å². The lowest BCUT2D eigenvalue weighted by molar-refractivity contribution is -0.384. The Labute approximate surface area is 151 Å². The average molecular weight is 412 g/mol. The van der Waals surface area contributed by atoms with Crippen LogP contribution in [0.1, 0.15) is 5.56 Å². The van der Waals surface area contributed by atoms with Gasteiger partial charge in [-0.2, -0.15) is 0 Å². The van der Waals surface area contributed by atoms with Crippen LogP contribution in [0, 0.1) is 10.1 Å². The van der Waals surface area contributed by atoms with Crippen LogP contribution in [-0.4, -0.2) is 17.9 Å². The van der Waals surface area contributed by atoms with E-state index in [0.717, 1.165) is 0 Å². The highest BCUT2D eigenvalue weighted by Gasteiger charge is 2.11. The minimum Gasteiger partial charge on any atom is -0.496 e. The lowest BCUT2D eigenvalue weighted by Crippen LogP contribution is -2.07. The molecule has 2 rings (SSSR count). The van der Waals surface area contributed by atoms with Gasteiger partial charge in [0.25, 0.3) is 5.69 Å². The molecule has 0 fully saturated rings. The van der Waals surface area contributed by atoms with Crippen LogP contribution in [0.3, 0.4) is 0 Å². The van der Waals surface area contributed by atoms with E-state index in [0.29, 0.717) is 21.5 Å². The van der Waals surface area contributed by atoms with Crippen LogP contribution in [0.2, 0.25) is 5.02 Å². The van der Waals surface area contributed by atoms with E-state index in [1.54, 1.807) is 31.4 Å². The summed E-state index contributed by atoms with van der Waals surface area (Å²) in [5, 5.41) is 13.6. The maximum absolute atomic E-state index is 11.9. The number of hydrogen-bond acceptors (Lipinski definition) is 4. The smallest absolute Gasteiger partial charge is 0.288 e. The third-order valence-electron chi connectivity index (χ3n) is 3.01. The number of amides is 1. The topological polar surface area (TPSA) is 81.5 Å². The van der Waals surface area contributed by atoms with Crippen LogP contribution in [-0.2, 0) is 4.79 Å². The molecule has 0 aromatic heterocycles. The summed E-state index contributed by atoms with van der Waals surface area (Å²) in [5.74, 6) is 0.279. The summed E-state index contributed by atoms with van der Waals surface area (Å²) in [6.07, 6.45) is 2.75. The van der Waals surface area contributed by atoms with Gasteiger partial charge in [0.15, 0.2) is 0 Å². The first-order valence-electron chi connectivity index (χ1n) is 6.67. The second-order valence-electron chi connectivity index (χ2n) is 4.64. The summed E-state index contributed by atoms with van der Waals surface area (Å²) in [6, 6.07) is 9.42. The quantitative estimate of drug-likeness (QED) is 0.440. The van der Waals surface area contributed by atoms with E-state index in [1.807, 2.05) is 0 Å². The number of halogens is 2. The number of nitro benzene ring substituents is 1. The second-order valence-corrected chi connectivity index (χ2v) is 5.90. The standard InChI is InChI=1S/C16H12BrClN2O4/c1-24-15-6-4-11(9-12(15)17)19-16(21)7-3-10-2-5-13(18)14(8-10)20(22)23/h2-9H,1H3,(H,19,21). The first-order valence-corrected chi connectivity index (χ1v) is 7.84. The minimum absolute atomic E-state index is 0.0460. The molecule has 0 heterocycles. The summed E-state index contributed by atoms with van der Waals surface area (Å²) in [7, 11) is 1.55. The fourth-order valence-electron chi connectivity index (χ4n) is 1.87. The normalized spacial score (nSPS) is 10.6. The molecule has 1 amide bonds. The van der Waals surface area contributed by atoms with E-state index in [4.69, 9.17) is 16.3 Å². The number of ether oxygens (including phenoxy) is 1. The largest absolute Gasteiger partial charge is 0.496 e. The molecule has 124 valence electrons. The van der Waals surface area contributed by atoms with Gasteiger partial charge in [-0.05, 0) is 51.8 Å². The number of carbonyl (C=O) groups excluding carboxylic acids is 1. The number of nitrogens with zero attached hydrogens (tertiary/aromatic N) is 1. The van der Waals surface area contributed by atoms with Crippen molar-refractivity contribution in [3.05, 3.63) is 67.6 Å². The van der Waals surface area contributed by atoms with Gasteiger partial charge in [-0.15, -0.1) is 0 Å². The number of anilines is 1. The highest BCUT2D eigenvalue weighted by molar-refractivity contribution is 9.10. The van der Waals surface area contributed by atoms with Crippen molar-refractivity contribution in [3.63, 3.8) is 0 Å². The van der Waals surface area contributed by atoms with Gasteiger partial charge in [0.2, 0.25) is 5.91 Å². The zero-order chi connectivity index (χ0) is 17.7. The van der Waals surface area contributed by atoms with Gasteiger partial charge in [-0.1, -0.05) is 17.7 Å². The first-order chi connectivity index (χ1) is 11.4. The van der Waals surface area contributed by atoms with E-state index >= 15 is 0 Å². The number of nitro groups is 1. The molecule has 0 atom stereocenters. The number of carbonyl (C=O) groups is 1. The third kappa shape index (κ3) is 4.56. The Morgan fingerprint density at radius 1 is 1.33 bits per heavy atom. The van der Waals surface area contributed by atoms with E-state index < -0.39 is 4.92 Å². The van der Waals surface area contributed by atoms with Gasteiger partial charge in [0, 0.05) is 17.8 Å². The fraction of sp³-hybridized carbons (Fsp3) is 0.0625. The van der Waals surface area contributed by atoms with Gasteiger partial charge in [-0.3, -0.25) is 14.9 Å². The van der Waals surface area contributed by atoms with Crippen molar-refractivity contribution < 1.29 is 14.5 Å². The van der Waals surface area contributed by atoms with Crippen LogP contribution < -0.4 is 10.1 Å². The first kappa shape index (κ1) is 18.0. The average Bonchev–Trinajstić information content (AvgIpc) is 2.54. The summed E-state index contributed by atoms with van der Waals surface area (Å²) in [5.41, 5.74) is 0.870. The Balaban J connectivity index is 2.09. The maximum Gasteiger partial charge on any atom is 0.288 e. The Morgan fingerprint density at radius 2 is 2.08 bits per heavy atom. The van der Waals surface area contributed by atoms with Crippen molar-refractivity contribution in [2.75, 3.05) is 12.4 Å². The molecule has 0 radical (unpaired) electrons. The molecule has 2 aromatic rings. The van der Waals surface area contributed by atoms with Crippen LogP contribution >= 0.6 is 27.5 Å². The molecule has 8 heteroatoms. The number of benzene rings is 2. The summed E-state index contributed by atoms with van der Waals surface area (Å²) >= 11 is 9.07. The minimum atomic E-state index is -0.575. The van der Waals surface area contributed by atoms with Crippen LogP contribution in [0.25, 0.3) is 6.08 Å². The number of hydrogen-bond donors (Lipinski definition) is 1. The van der Waals surface area contributed by atoms with Gasteiger partial charge in [0.05, 0.1) is 16.5 Å². The third-order valence-corrected chi connectivity index (χ3v) is 3.95. The van der Waals surface area contributed by atoms with Crippen molar-refractivity contribution in [1.29, 1.82) is 0 Å². The monoisotopic (exact) mass is 410 g/mol. The molecule has 0 saturated carbocycles. The molecule has 0 aliphatic rings. The van der Waals surface area contributed by atoms with Crippen molar-refractivity contribution in [3.8, 4) is 5.75 Å². The number of rotatable bonds is 5. The number of methoxy groups -OCH3 is 1. The van der Waals surface area contributed by atoms with Crippen LogP contribution in [0.15, 0.2) is 46.9 Å². The zero-order valence-corrected chi connectivity index (χ0v) is 14.8. The predicted molar refractivity (Wildman–Crippen MR) is 96.5 cm³/mol. The SMILES string of the molecule is COc1ccc(NC(=O)C=Cc2ccc(Cl)c([N+](=O)[O-])c2)cc1Br.